The highest BCUT2D eigenvalue weighted by atomic mass is 14.4. The smallest absolute Gasteiger partial charge is 0.0832 e. The van der Waals surface area contributed by atoms with E-state index in [4.69, 9.17) is 5.26 Å². The Labute approximate surface area is 123 Å². The minimum atomic E-state index is -0.483. The second-order valence-electron chi connectivity index (χ2n) is 5.38. The van der Waals surface area contributed by atoms with E-state index in [1.807, 2.05) is 30.3 Å². The molecule has 0 radical (unpaired) electrons. The highest BCUT2D eigenvalue weighted by molar-refractivity contribution is 5.32. The standard InChI is InChI=1S/C18H24N2/c1-2-3-4-5-9-13-18(16-20,14-10-15-19)17-11-7-6-8-12-17/h6-8,11-12H,2-5,9-10,13-14H2,1H3/t18-/m1/s1. The molecule has 0 saturated heterocycles. The van der Waals surface area contributed by atoms with Crippen LogP contribution < -0.4 is 0 Å². The lowest BCUT2D eigenvalue weighted by Gasteiger charge is -2.26. The van der Waals surface area contributed by atoms with Crippen molar-refractivity contribution in [3.05, 3.63) is 35.9 Å². The van der Waals surface area contributed by atoms with E-state index in [-0.39, 0.29) is 0 Å². The topological polar surface area (TPSA) is 47.6 Å². The van der Waals surface area contributed by atoms with Gasteiger partial charge in [-0.3, -0.25) is 0 Å². The minimum Gasteiger partial charge on any atom is -0.198 e. The van der Waals surface area contributed by atoms with Crippen LogP contribution in [0.25, 0.3) is 0 Å². The summed E-state index contributed by atoms with van der Waals surface area (Å²) < 4.78 is 0. The van der Waals surface area contributed by atoms with Gasteiger partial charge < -0.3 is 0 Å². The molecule has 2 heteroatoms. The van der Waals surface area contributed by atoms with E-state index >= 15 is 0 Å². The van der Waals surface area contributed by atoms with Crippen molar-refractivity contribution < 1.29 is 0 Å². The van der Waals surface area contributed by atoms with Gasteiger partial charge in [-0.25, -0.2) is 0 Å². The fourth-order valence-electron chi connectivity index (χ4n) is 2.65. The summed E-state index contributed by atoms with van der Waals surface area (Å²) in [6.07, 6.45) is 7.92. The van der Waals surface area contributed by atoms with Gasteiger partial charge in [0.1, 0.15) is 0 Å². The maximum atomic E-state index is 9.70. The van der Waals surface area contributed by atoms with Gasteiger partial charge in [-0.1, -0.05) is 69.4 Å². The summed E-state index contributed by atoms with van der Waals surface area (Å²) in [5.74, 6) is 0. The summed E-state index contributed by atoms with van der Waals surface area (Å²) in [5.41, 5.74) is 0.580. The molecule has 0 fully saturated rings. The molecule has 20 heavy (non-hydrogen) atoms. The van der Waals surface area contributed by atoms with E-state index in [2.05, 4.69) is 19.1 Å². The average molecular weight is 268 g/mol. The van der Waals surface area contributed by atoms with Crippen LogP contribution in [0.4, 0.5) is 0 Å². The Kier molecular flexibility index (Phi) is 7.44. The van der Waals surface area contributed by atoms with Crippen LogP contribution in [0.5, 0.6) is 0 Å². The van der Waals surface area contributed by atoms with Crippen molar-refractivity contribution in [1.29, 1.82) is 10.5 Å². The first-order valence-corrected chi connectivity index (χ1v) is 7.63. The Balaban J connectivity index is 2.74. The molecular weight excluding hydrogens is 244 g/mol. The molecule has 1 atom stereocenters. The van der Waals surface area contributed by atoms with Crippen molar-refractivity contribution in [1.82, 2.24) is 0 Å². The second-order valence-corrected chi connectivity index (χ2v) is 5.38. The van der Waals surface area contributed by atoms with Crippen LogP contribution >= 0.6 is 0 Å². The third-order valence-electron chi connectivity index (χ3n) is 3.91. The molecule has 0 N–H and O–H groups in total. The Morgan fingerprint density at radius 3 is 2.25 bits per heavy atom. The molecule has 0 aromatic heterocycles. The van der Waals surface area contributed by atoms with Crippen LogP contribution in [0, 0.1) is 22.7 Å². The molecule has 0 aliphatic rings. The fourth-order valence-corrected chi connectivity index (χ4v) is 2.65. The number of nitrogens with zero attached hydrogens (tertiary/aromatic N) is 2. The summed E-state index contributed by atoms with van der Waals surface area (Å²) in [7, 11) is 0. The highest BCUT2D eigenvalue weighted by Crippen LogP contribution is 2.34. The van der Waals surface area contributed by atoms with Crippen molar-refractivity contribution in [3.63, 3.8) is 0 Å². The summed E-state index contributed by atoms with van der Waals surface area (Å²) in [5, 5.41) is 18.6. The number of unbranched alkanes of at least 4 members (excludes halogenated alkanes) is 4. The largest absolute Gasteiger partial charge is 0.198 e. The van der Waals surface area contributed by atoms with Crippen LogP contribution in [0.3, 0.4) is 0 Å². The van der Waals surface area contributed by atoms with Gasteiger partial charge in [0, 0.05) is 6.42 Å². The van der Waals surface area contributed by atoms with Crippen LogP contribution in [0.2, 0.25) is 0 Å². The van der Waals surface area contributed by atoms with Gasteiger partial charge in [0.05, 0.1) is 17.6 Å². The van der Waals surface area contributed by atoms with E-state index in [1.165, 1.54) is 25.7 Å². The predicted octanol–water partition coefficient (Wildman–Crippen LogP) is 5.11. The minimum absolute atomic E-state index is 0.442. The molecule has 0 amide bonds. The number of hydrogen-bond acceptors (Lipinski definition) is 2. The van der Waals surface area contributed by atoms with Gasteiger partial charge >= 0.3 is 0 Å². The lowest BCUT2D eigenvalue weighted by Crippen LogP contribution is -2.24. The third kappa shape index (κ3) is 4.71. The van der Waals surface area contributed by atoms with Gasteiger partial charge in [0.2, 0.25) is 0 Å². The van der Waals surface area contributed by atoms with Gasteiger partial charge in [0.15, 0.2) is 0 Å². The summed E-state index contributed by atoms with van der Waals surface area (Å²) in [6, 6.07) is 14.7. The van der Waals surface area contributed by atoms with Crippen molar-refractivity contribution in [3.8, 4) is 12.1 Å². The second kappa shape index (κ2) is 9.16. The van der Waals surface area contributed by atoms with Crippen molar-refractivity contribution >= 4 is 0 Å². The van der Waals surface area contributed by atoms with Crippen molar-refractivity contribution in [2.45, 2.75) is 63.7 Å². The zero-order chi connectivity index (χ0) is 14.7. The van der Waals surface area contributed by atoms with E-state index in [1.54, 1.807) is 0 Å². The third-order valence-corrected chi connectivity index (χ3v) is 3.91. The number of hydrogen-bond donors (Lipinski definition) is 0. The molecule has 0 heterocycles. The Hall–Kier alpha value is -1.80. The molecule has 1 rings (SSSR count). The first-order valence-electron chi connectivity index (χ1n) is 7.63. The molecule has 0 bridgehead atoms. The molecule has 106 valence electrons. The van der Waals surface area contributed by atoms with E-state index in [0.717, 1.165) is 18.4 Å². The van der Waals surface area contributed by atoms with E-state index in [0.29, 0.717) is 12.8 Å². The van der Waals surface area contributed by atoms with Crippen LogP contribution in [-0.2, 0) is 5.41 Å². The van der Waals surface area contributed by atoms with Crippen LogP contribution in [0.15, 0.2) is 30.3 Å². The zero-order valence-electron chi connectivity index (χ0n) is 12.4. The Morgan fingerprint density at radius 2 is 1.65 bits per heavy atom. The lowest BCUT2D eigenvalue weighted by molar-refractivity contribution is 0.439. The molecule has 0 aliphatic carbocycles. The number of benzene rings is 1. The average Bonchev–Trinajstić information content (AvgIpc) is 2.51. The van der Waals surface area contributed by atoms with Crippen LogP contribution in [0.1, 0.15) is 63.9 Å². The normalized spacial score (nSPS) is 13.2. The van der Waals surface area contributed by atoms with Crippen LogP contribution in [-0.4, -0.2) is 0 Å². The zero-order valence-corrected chi connectivity index (χ0v) is 12.4. The van der Waals surface area contributed by atoms with Crippen molar-refractivity contribution in [2.24, 2.45) is 0 Å². The van der Waals surface area contributed by atoms with Gasteiger partial charge in [-0.15, -0.1) is 0 Å². The van der Waals surface area contributed by atoms with E-state index < -0.39 is 5.41 Å². The van der Waals surface area contributed by atoms with E-state index in [9.17, 15) is 5.26 Å². The quantitative estimate of drug-likeness (QED) is 0.584. The molecule has 0 unspecified atom stereocenters. The molecule has 1 aromatic rings. The fraction of sp³-hybridized carbons (Fsp3) is 0.556. The monoisotopic (exact) mass is 268 g/mol. The molecule has 0 spiro atoms. The first kappa shape index (κ1) is 16.3. The first-order chi connectivity index (χ1) is 9.79. The number of rotatable bonds is 9. The Bertz CT molecular complexity index is 453. The summed E-state index contributed by atoms with van der Waals surface area (Å²) in [4.78, 5) is 0. The molecular formula is C18H24N2. The summed E-state index contributed by atoms with van der Waals surface area (Å²) >= 11 is 0. The van der Waals surface area contributed by atoms with Gasteiger partial charge in [-0.05, 0) is 18.4 Å². The highest BCUT2D eigenvalue weighted by Gasteiger charge is 2.31. The molecule has 2 nitrogen and oxygen atoms in total. The Morgan fingerprint density at radius 1 is 0.950 bits per heavy atom. The maximum Gasteiger partial charge on any atom is 0.0832 e. The SMILES string of the molecule is CCCCCCC[C@](C#N)(CCC#N)c1ccccc1. The summed E-state index contributed by atoms with van der Waals surface area (Å²) in [6.45, 7) is 2.20. The predicted molar refractivity (Wildman–Crippen MR) is 82.0 cm³/mol. The maximum absolute atomic E-state index is 9.70. The molecule has 1 aromatic carbocycles. The van der Waals surface area contributed by atoms with Gasteiger partial charge in [-0.2, -0.15) is 10.5 Å². The molecule has 0 aliphatic heterocycles. The lowest BCUT2D eigenvalue weighted by atomic mass is 9.74. The number of nitriles is 2. The van der Waals surface area contributed by atoms with Gasteiger partial charge in [0.25, 0.3) is 0 Å². The molecule has 0 saturated carbocycles. The van der Waals surface area contributed by atoms with Crippen molar-refractivity contribution in [2.75, 3.05) is 0 Å².